The number of nitrogens with zero attached hydrogens (tertiary/aromatic N) is 2. The maximum Gasteiger partial charge on any atom is 0.255 e. The number of rotatable bonds is 1. The normalized spacial score (nSPS) is 19.9. The Labute approximate surface area is 93.4 Å². The summed E-state index contributed by atoms with van der Waals surface area (Å²) in [6, 6.07) is 0. The van der Waals surface area contributed by atoms with Crippen LogP contribution in [0.4, 0.5) is 5.95 Å². The molecule has 1 fully saturated rings. The highest BCUT2D eigenvalue weighted by atomic mass is 16.5. The zero-order chi connectivity index (χ0) is 11.0. The largest absolute Gasteiger partial charge is 0.378 e. The fraction of sp³-hybridized carbons (Fsp3) is 0.636. The molecule has 1 aliphatic carbocycles. The summed E-state index contributed by atoms with van der Waals surface area (Å²) in [6.07, 6.45) is 2.87. The highest BCUT2D eigenvalue weighted by molar-refractivity contribution is 5.35. The van der Waals surface area contributed by atoms with E-state index in [4.69, 9.17) is 4.74 Å². The van der Waals surface area contributed by atoms with Crippen LogP contribution in [0.1, 0.15) is 17.7 Å². The molecule has 2 heterocycles. The molecular weight excluding hydrogens is 206 g/mol. The molecule has 3 rings (SSSR count). The molecule has 1 saturated heterocycles. The first kappa shape index (κ1) is 9.84. The molecule has 16 heavy (non-hydrogen) atoms. The quantitative estimate of drug-likeness (QED) is 0.730. The van der Waals surface area contributed by atoms with Crippen LogP contribution in [-0.4, -0.2) is 36.3 Å². The van der Waals surface area contributed by atoms with E-state index >= 15 is 0 Å². The lowest BCUT2D eigenvalue weighted by molar-refractivity contribution is 0.122. The number of anilines is 1. The van der Waals surface area contributed by atoms with Gasteiger partial charge in [0.2, 0.25) is 5.95 Å². The van der Waals surface area contributed by atoms with Crippen molar-refractivity contribution in [3.8, 4) is 0 Å². The molecular formula is C11H15N3O2. The van der Waals surface area contributed by atoms with Gasteiger partial charge in [0.15, 0.2) is 0 Å². The van der Waals surface area contributed by atoms with E-state index in [0.717, 1.165) is 43.6 Å². The van der Waals surface area contributed by atoms with E-state index in [1.807, 2.05) is 0 Å². The Bertz CT molecular complexity index is 449. The van der Waals surface area contributed by atoms with Crippen LogP contribution in [0.15, 0.2) is 4.79 Å². The molecule has 0 unspecified atom stereocenters. The van der Waals surface area contributed by atoms with Gasteiger partial charge in [0.1, 0.15) is 0 Å². The first-order chi connectivity index (χ1) is 7.84. The molecule has 0 amide bonds. The highest BCUT2D eigenvalue weighted by Gasteiger charge is 2.20. The SMILES string of the molecule is O=c1[nH]c(N2CCOCC2)nc2c1CCC2. The van der Waals surface area contributed by atoms with E-state index in [9.17, 15) is 4.79 Å². The molecule has 0 bridgehead atoms. The number of hydrogen-bond donors (Lipinski definition) is 1. The molecule has 5 nitrogen and oxygen atoms in total. The molecule has 1 aromatic heterocycles. The molecule has 0 saturated carbocycles. The summed E-state index contributed by atoms with van der Waals surface area (Å²) < 4.78 is 5.28. The second-order valence-electron chi connectivity index (χ2n) is 4.27. The zero-order valence-corrected chi connectivity index (χ0v) is 9.16. The number of nitrogens with one attached hydrogen (secondary N) is 1. The highest BCUT2D eigenvalue weighted by Crippen LogP contribution is 2.18. The van der Waals surface area contributed by atoms with Gasteiger partial charge in [-0.1, -0.05) is 0 Å². The lowest BCUT2D eigenvalue weighted by Crippen LogP contribution is -2.38. The van der Waals surface area contributed by atoms with Crippen molar-refractivity contribution in [1.82, 2.24) is 9.97 Å². The molecule has 0 radical (unpaired) electrons. The van der Waals surface area contributed by atoms with Gasteiger partial charge in [-0.05, 0) is 19.3 Å². The van der Waals surface area contributed by atoms with Crippen molar-refractivity contribution in [2.75, 3.05) is 31.2 Å². The Hall–Kier alpha value is -1.36. The summed E-state index contributed by atoms with van der Waals surface area (Å²) in [4.78, 5) is 21.3. The van der Waals surface area contributed by atoms with Gasteiger partial charge >= 0.3 is 0 Å². The molecule has 0 aromatic carbocycles. The van der Waals surface area contributed by atoms with Crippen LogP contribution < -0.4 is 10.5 Å². The van der Waals surface area contributed by atoms with Gasteiger partial charge in [0.05, 0.1) is 18.9 Å². The van der Waals surface area contributed by atoms with Crippen molar-refractivity contribution >= 4 is 5.95 Å². The average Bonchev–Trinajstić information content (AvgIpc) is 2.79. The number of morpholine rings is 1. The van der Waals surface area contributed by atoms with Crippen LogP contribution in [0.5, 0.6) is 0 Å². The van der Waals surface area contributed by atoms with Crippen molar-refractivity contribution in [2.24, 2.45) is 0 Å². The summed E-state index contributed by atoms with van der Waals surface area (Å²) in [6.45, 7) is 3.03. The summed E-state index contributed by atoms with van der Waals surface area (Å²) in [5.74, 6) is 0.717. The van der Waals surface area contributed by atoms with Crippen LogP contribution in [0, 0.1) is 0 Å². The van der Waals surface area contributed by atoms with Gasteiger partial charge in [-0.3, -0.25) is 9.78 Å². The number of aromatic nitrogens is 2. The lowest BCUT2D eigenvalue weighted by atomic mass is 10.3. The van der Waals surface area contributed by atoms with E-state index in [1.165, 1.54) is 0 Å². The zero-order valence-electron chi connectivity index (χ0n) is 9.16. The Morgan fingerprint density at radius 3 is 2.88 bits per heavy atom. The van der Waals surface area contributed by atoms with Gasteiger partial charge in [-0.2, -0.15) is 0 Å². The fourth-order valence-corrected chi connectivity index (χ4v) is 2.35. The molecule has 0 atom stereocenters. The first-order valence-corrected chi connectivity index (χ1v) is 5.79. The van der Waals surface area contributed by atoms with Crippen molar-refractivity contribution in [3.05, 3.63) is 21.6 Å². The minimum Gasteiger partial charge on any atom is -0.378 e. The van der Waals surface area contributed by atoms with E-state index in [1.54, 1.807) is 0 Å². The van der Waals surface area contributed by atoms with E-state index in [0.29, 0.717) is 19.2 Å². The van der Waals surface area contributed by atoms with Crippen LogP contribution in [-0.2, 0) is 17.6 Å². The molecule has 2 aliphatic rings. The summed E-state index contributed by atoms with van der Waals surface area (Å²) in [5.41, 5.74) is 1.92. The topological polar surface area (TPSA) is 58.2 Å². The molecule has 1 aromatic rings. The molecule has 1 N–H and O–H groups in total. The number of ether oxygens (including phenoxy) is 1. The van der Waals surface area contributed by atoms with Crippen molar-refractivity contribution in [1.29, 1.82) is 0 Å². The van der Waals surface area contributed by atoms with Crippen LogP contribution >= 0.6 is 0 Å². The fourth-order valence-electron chi connectivity index (χ4n) is 2.35. The molecule has 86 valence electrons. The Balaban J connectivity index is 1.96. The van der Waals surface area contributed by atoms with E-state index < -0.39 is 0 Å². The third-order valence-electron chi connectivity index (χ3n) is 3.24. The molecule has 1 aliphatic heterocycles. The predicted octanol–water partition coefficient (Wildman–Crippen LogP) is 0.0952. The molecule has 0 spiro atoms. The monoisotopic (exact) mass is 221 g/mol. The second-order valence-corrected chi connectivity index (χ2v) is 4.27. The molecule has 5 heteroatoms. The summed E-state index contributed by atoms with van der Waals surface area (Å²) in [5, 5.41) is 0. The maximum absolute atomic E-state index is 11.8. The van der Waals surface area contributed by atoms with Crippen molar-refractivity contribution in [3.63, 3.8) is 0 Å². The smallest absolute Gasteiger partial charge is 0.255 e. The van der Waals surface area contributed by atoms with Crippen LogP contribution in [0.3, 0.4) is 0 Å². The van der Waals surface area contributed by atoms with E-state index in [-0.39, 0.29) is 5.56 Å². The third-order valence-corrected chi connectivity index (χ3v) is 3.24. The number of aryl methyl sites for hydroxylation is 1. The summed E-state index contributed by atoms with van der Waals surface area (Å²) in [7, 11) is 0. The summed E-state index contributed by atoms with van der Waals surface area (Å²) >= 11 is 0. The maximum atomic E-state index is 11.8. The van der Waals surface area contributed by atoms with Gasteiger partial charge in [0.25, 0.3) is 5.56 Å². The Morgan fingerprint density at radius 1 is 1.25 bits per heavy atom. The Kier molecular flexibility index (Phi) is 2.40. The minimum atomic E-state index is 0.0454. The van der Waals surface area contributed by atoms with Gasteiger partial charge in [-0.25, -0.2) is 4.98 Å². The first-order valence-electron chi connectivity index (χ1n) is 5.79. The minimum absolute atomic E-state index is 0.0454. The Morgan fingerprint density at radius 2 is 2.06 bits per heavy atom. The van der Waals surface area contributed by atoms with Gasteiger partial charge < -0.3 is 9.64 Å². The van der Waals surface area contributed by atoms with Crippen LogP contribution in [0.25, 0.3) is 0 Å². The van der Waals surface area contributed by atoms with Gasteiger partial charge in [-0.15, -0.1) is 0 Å². The number of H-pyrrole nitrogens is 1. The predicted molar refractivity (Wildman–Crippen MR) is 59.9 cm³/mol. The second kappa shape index (κ2) is 3.90. The number of fused-ring (bicyclic) bond motifs is 1. The number of hydrogen-bond acceptors (Lipinski definition) is 4. The lowest BCUT2D eigenvalue weighted by Gasteiger charge is -2.27. The standard InChI is InChI=1S/C11H15N3O2/c15-10-8-2-1-3-9(8)12-11(13-10)14-4-6-16-7-5-14/h1-7H2,(H,12,13,15). The van der Waals surface area contributed by atoms with Crippen LogP contribution in [0.2, 0.25) is 0 Å². The van der Waals surface area contributed by atoms with E-state index in [2.05, 4.69) is 14.9 Å². The van der Waals surface area contributed by atoms with Crippen molar-refractivity contribution in [2.45, 2.75) is 19.3 Å². The number of aromatic amines is 1. The van der Waals surface area contributed by atoms with Crippen molar-refractivity contribution < 1.29 is 4.74 Å². The van der Waals surface area contributed by atoms with Gasteiger partial charge in [0, 0.05) is 18.7 Å². The average molecular weight is 221 g/mol. The third kappa shape index (κ3) is 1.61.